The average molecular weight is 432 g/mol. The summed E-state index contributed by atoms with van der Waals surface area (Å²) in [5.41, 5.74) is 5.74. The summed E-state index contributed by atoms with van der Waals surface area (Å²) < 4.78 is 0. The van der Waals surface area contributed by atoms with Gasteiger partial charge in [-0.15, -0.1) is 0 Å². The van der Waals surface area contributed by atoms with Crippen LogP contribution < -0.4 is 16.4 Å². The lowest BCUT2D eigenvalue weighted by Gasteiger charge is -2.25. The molecule has 0 radical (unpaired) electrons. The van der Waals surface area contributed by atoms with Crippen molar-refractivity contribution in [3.8, 4) is 0 Å². The van der Waals surface area contributed by atoms with Gasteiger partial charge in [-0.3, -0.25) is 19.2 Å². The summed E-state index contributed by atoms with van der Waals surface area (Å²) in [6.07, 6.45) is 2.60. The summed E-state index contributed by atoms with van der Waals surface area (Å²) in [7, 11) is 0. The van der Waals surface area contributed by atoms with E-state index in [9.17, 15) is 24.0 Å². The van der Waals surface area contributed by atoms with Crippen molar-refractivity contribution in [2.24, 2.45) is 5.73 Å². The van der Waals surface area contributed by atoms with Crippen molar-refractivity contribution in [3.05, 3.63) is 0 Å². The molecule has 1 saturated heterocycles. The van der Waals surface area contributed by atoms with Gasteiger partial charge in [-0.2, -0.15) is 11.8 Å². The number of hydrogen-bond donors (Lipinski definition) is 5. The number of carboxylic acids is 2. The van der Waals surface area contributed by atoms with Gasteiger partial charge in [-0.25, -0.2) is 4.79 Å². The molecule has 0 saturated carbocycles. The lowest BCUT2D eigenvalue weighted by Crippen LogP contribution is -2.53. The molecule has 1 heterocycles. The van der Waals surface area contributed by atoms with Crippen LogP contribution in [0.2, 0.25) is 0 Å². The molecular formula is C17H28N4O7S. The van der Waals surface area contributed by atoms with E-state index in [1.165, 1.54) is 4.90 Å². The second-order valence-corrected chi connectivity index (χ2v) is 7.67. The molecular weight excluding hydrogens is 404 g/mol. The van der Waals surface area contributed by atoms with Gasteiger partial charge >= 0.3 is 11.9 Å². The van der Waals surface area contributed by atoms with Gasteiger partial charge in [0.15, 0.2) is 0 Å². The van der Waals surface area contributed by atoms with Crippen LogP contribution >= 0.6 is 11.8 Å². The van der Waals surface area contributed by atoms with Gasteiger partial charge in [0.2, 0.25) is 17.7 Å². The van der Waals surface area contributed by atoms with Crippen molar-refractivity contribution in [3.63, 3.8) is 0 Å². The molecule has 3 unspecified atom stereocenters. The van der Waals surface area contributed by atoms with Crippen molar-refractivity contribution in [2.45, 2.75) is 50.2 Å². The highest BCUT2D eigenvalue weighted by Gasteiger charge is 2.36. The highest BCUT2D eigenvalue weighted by atomic mass is 32.2. The third-order valence-electron chi connectivity index (χ3n) is 4.52. The molecule has 0 aliphatic carbocycles. The average Bonchev–Trinajstić information content (AvgIpc) is 3.16. The number of rotatable bonds is 12. The number of carbonyl (C=O) groups is 5. The zero-order chi connectivity index (χ0) is 22.0. The van der Waals surface area contributed by atoms with Crippen molar-refractivity contribution < 1.29 is 34.2 Å². The van der Waals surface area contributed by atoms with Crippen LogP contribution in [0.4, 0.5) is 0 Å². The van der Waals surface area contributed by atoms with Crippen molar-refractivity contribution >= 4 is 41.4 Å². The van der Waals surface area contributed by atoms with Crippen LogP contribution in [0.3, 0.4) is 0 Å². The molecule has 0 aromatic carbocycles. The monoisotopic (exact) mass is 432 g/mol. The Morgan fingerprint density at radius 3 is 2.48 bits per heavy atom. The number of nitrogens with zero attached hydrogens (tertiary/aromatic N) is 1. The molecule has 1 aliphatic heterocycles. The minimum atomic E-state index is -1.36. The van der Waals surface area contributed by atoms with Crippen molar-refractivity contribution in [1.82, 2.24) is 15.5 Å². The van der Waals surface area contributed by atoms with Crippen molar-refractivity contribution in [1.29, 1.82) is 0 Å². The predicted molar refractivity (Wildman–Crippen MR) is 105 cm³/mol. The summed E-state index contributed by atoms with van der Waals surface area (Å²) in [6, 6.07) is -2.94. The van der Waals surface area contributed by atoms with Crippen LogP contribution in [0.5, 0.6) is 0 Å². The van der Waals surface area contributed by atoms with Gasteiger partial charge in [0.05, 0.1) is 12.6 Å². The van der Waals surface area contributed by atoms with Gasteiger partial charge in [-0.05, 0) is 37.7 Å². The largest absolute Gasteiger partial charge is 0.481 e. The van der Waals surface area contributed by atoms with Gasteiger partial charge < -0.3 is 31.5 Å². The molecule has 1 aliphatic rings. The topological polar surface area (TPSA) is 179 Å². The standard InChI is InChI=1S/C17H28N4O7S/c1-29-8-6-10(18)15(25)19-9-13(22)21-7-2-3-12(21)16(26)20-11(17(27)28)4-5-14(23)24/h10-12H,2-9,18H2,1H3,(H,19,25)(H,20,26)(H,23,24)(H,27,28). The quantitative estimate of drug-likeness (QED) is 0.248. The summed E-state index contributed by atoms with van der Waals surface area (Å²) in [4.78, 5) is 60.0. The van der Waals surface area contributed by atoms with Crippen LogP contribution in [0, 0.1) is 0 Å². The molecule has 3 atom stereocenters. The Balaban J connectivity index is 2.60. The predicted octanol–water partition coefficient (Wildman–Crippen LogP) is -1.39. The number of likely N-dealkylation sites (tertiary alicyclic amines) is 1. The van der Waals surface area contributed by atoms with Gasteiger partial charge in [0.25, 0.3) is 0 Å². The second-order valence-electron chi connectivity index (χ2n) is 6.68. The van der Waals surface area contributed by atoms with Crippen LogP contribution in [0.15, 0.2) is 0 Å². The molecule has 1 rings (SSSR count). The van der Waals surface area contributed by atoms with Gasteiger partial charge in [0, 0.05) is 13.0 Å². The molecule has 164 valence electrons. The Labute approximate surface area is 172 Å². The maximum atomic E-state index is 12.5. The first-order valence-electron chi connectivity index (χ1n) is 9.24. The summed E-state index contributed by atoms with van der Waals surface area (Å²) >= 11 is 1.55. The minimum Gasteiger partial charge on any atom is -0.481 e. The Bertz CT molecular complexity index is 631. The van der Waals surface area contributed by atoms with E-state index in [-0.39, 0.29) is 13.0 Å². The maximum Gasteiger partial charge on any atom is 0.326 e. The fourth-order valence-electron chi connectivity index (χ4n) is 2.90. The number of amides is 3. The molecule has 11 nitrogen and oxygen atoms in total. The third-order valence-corrected chi connectivity index (χ3v) is 5.16. The SMILES string of the molecule is CSCCC(N)C(=O)NCC(=O)N1CCCC1C(=O)NC(CCC(=O)O)C(=O)O. The molecule has 12 heteroatoms. The fourth-order valence-corrected chi connectivity index (χ4v) is 3.39. The molecule has 0 bridgehead atoms. The highest BCUT2D eigenvalue weighted by molar-refractivity contribution is 7.98. The summed E-state index contributed by atoms with van der Waals surface area (Å²) in [5, 5.41) is 22.6. The van der Waals surface area contributed by atoms with Crippen LogP contribution in [0.25, 0.3) is 0 Å². The van der Waals surface area contributed by atoms with E-state index in [4.69, 9.17) is 15.9 Å². The number of nitrogens with two attached hydrogens (primary N) is 1. The molecule has 1 fully saturated rings. The Hall–Kier alpha value is -2.34. The number of carboxylic acid groups (broad SMARTS) is 2. The highest BCUT2D eigenvalue weighted by Crippen LogP contribution is 2.18. The first kappa shape index (κ1) is 24.7. The maximum absolute atomic E-state index is 12.5. The Morgan fingerprint density at radius 1 is 1.21 bits per heavy atom. The number of aliphatic carboxylic acids is 2. The molecule has 3 amide bonds. The first-order chi connectivity index (χ1) is 13.7. The number of carbonyl (C=O) groups excluding carboxylic acids is 3. The van der Waals surface area contributed by atoms with E-state index in [1.54, 1.807) is 11.8 Å². The van der Waals surface area contributed by atoms with Crippen LogP contribution in [0.1, 0.15) is 32.1 Å². The van der Waals surface area contributed by atoms with Crippen LogP contribution in [-0.2, 0) is 24.0 Å². The van der Waals surface area contributed by atoms with E-state index in [0.29, 0.717) is 31.6 Å². The number of hydrogen-bond acceptors (Lipinski definition) is 7. The second kappa shape index (κ2) is 12.3. The van der Waals surface area contributed by atoms with Crippen LogP contribution in [-0.4, -0.2) is 88.0 Å². The number of thioether (sulfide) groups is 1. The smallest absolute Gasteiger partial charge is 0.326 e. The van der Waals surface area contributed by atoms with E-state index in [0.717, 1.165) is 0 Å². The third kappa shape index (κ3) is 8.28. The molecule has 0 spiro atoms. The lowest BCUT2D eigenvalue weighted by atomic mass is 10.1. The van der Waals surface area contributed by atoms with E-state index >= 15 is 0 Å². The minimum absolute atomic E-state index is 0.263. The summed E-state index contributed by atoms with van der Waals surface area (Å²) in [6.45, 7) is -0.00482. The molecule has 6 N–H and O–H groups in total. The molecule has 0 aromatic rings. The molecule has 29 heavy (non-hydrogen) atoms. The number of nitrogens with one attached hydrogen (secondary N) is 2. The fraction of sp³-hybridized carbons (Fsp3) is 0.706. The van der Waals surface area contributed by atoms with E-state index in [1.807, 2.05) is 6.26 Å². The summed E-state index contributed by atoms with van der Waals surface area (Å²) in [5.74, 6) is -3.38. The zero-order valence-corrected chi connectivity index (χ0v) is 17.1. The zero-order valence-electron chi connectivity index (χ0n) is 16.3. The Morgan fingerprint density at radius 2 is 1.90 bits per heavy atom. The van der Waals surface area contributed by atoms with Gasteiger partial charge in [-0.1, -0.05) is 0 Å². The lowest BCUT2D eigenvalue weighted by molar-refractivity contribution is -0.144. The Kier molecular flexibility index (Phi) is 10.5. The first-order valence-corrected chi connectivity index (χ1v) is 10.6. The van der Waals surface area contributed by atoms with E-state index < -0.39 is 54.2 Å². The molecule has 0 aromatic heterocycles. The van der Waals surface area contributed by atoms with Gasteiger partial charge in [0.1, 0.15) is 12.1 Å². The van der Waals surface area contributed by atoms with Crippen molar-refractivity contribution in [2.75, 3.05) is 25.1 Å². The van der Waals surface area contributed by atoms with E-state index in [2.05, 4.69) is 10.6 Å². The normalized spacial score (nSPS) is 18.0.